The maximum Gasteiger partial charge on any atom is 0.0710 e. The van der Waals surface area contributed by atoms with Crippen molar-refractivity contribution in [2.24, 2.45) is 0 Å². The topological polar surface area (TPSA) is 3.24 Å². The van der Waals surface area contributed by atoms with Crippen molar-refractivity contribution >= 4 is 32.8 Å². The summed E-state index contributed by atoms with van der Waals surface area (Å²) in [5.41, 5.74) is 14.0. The molecule has 0 unspecified atom stereocenters. The van der Waals surface area contributed by atoms with E-state index in [2.05, 4.69) is 256 Å². The normalized spacial score (nSPS) is 17.2. The summed E-state index contributed by atoms with van der Waals surface area (Å²) in [7, 11) is 0. The van der Waals surface area contributed by atoms with Crippen molar-refractivity contribution in [1.82, 2.24) is 0 Å². The number of allylic oxidation sites excluding steroid dienone is 16. The Morgan fingerprint density at radius 2 is 1.26 bits per heavy atom. The minimum Gasteiger partial charge on any atom is -0.321 e. The highest BCUT2D eigenvalue weighted by Gasteiger charge is 2.46. The molecule has 300 valence electrons. The van der Waals surface area contributed by atoms with Crippen LogP contribution in [0, 0.1) is 0 Å². The van der Waals surface area contributed by atoms with Crippen LogP contribution in [0.3, 0.4) is 0 Å². The van der Waals surface area contributed by atoms with Gasteiger partial charge in [0, 0.05) is 17.6 Å². The Labute approximate surface area is 367 Å². The van der Waals surface area contributed by atoms with E-state index < -0.39 is 5.41 Å². The predicted molar refractivity (Wildman–Crippen MR) is 267 cm³/mol. The van der Waals surface area contributed by atoms with Gasteiger partial charge in [-0.15, -0.1) is 0 Å². The molecule has 0 aromatic heterocycles. The van der Waals surface area contributed by atoms with Crippen molar-refractivity contribution in [3.05, 3.63) is 288 Å². The molecule has 7 aromatic carbocycles. The van der Waals surface area contributed by atoms with E-state index in [0.717, 1.165) is 35.4 Å². The molecule has 62 heavy (non-hydrogen) atoms. The van der Waals surface area contributed by atoms with Crippen LogP contribution in [-0.4, -0.2) is 0 Å². The van der Waals surface area contributed by atoms with E-state index in [0.29, 0.717) is 0 Å². The maximum atomic E-state index is 4.23. The third-order valence-electron chi connectivity index (χ3n) is 12.4. The summed E-state index contributed by atoms with van der Waals surface area (Å²) < 4.78 is 0. The second kappa shape index (κ2) is 18.0. The van der Waals surface area contributed by atoms with Gasteiger partial charge in [0.15, 0.2) is 0 Å². The minimum atomic E-state index is -0.505. The first-order valence-electron chi connectivity index (χ1n) is 21.7. The number of fused-ring (bicyclic) bond motifs is 4. The van der Waals surface area contributed by atoms with Crippen LogP contribution in [0.4, 0.5) is 5.69 Å². The van der Waals surface area contributed by atoms with Gasteiger partial charge in [0.1, 0.15) is 0 Å². The fraction of sp³-hybridized carbons (Fsp3) is 0.0820. The fourth-order valence-corrected chi connectivity index (χ4v) is 9.45. The van der Waals surface area contributed by atoms with E-state index in [9.17, 15) is 0 Å². The first-order valence-corrected chi connectivity index (χ1v) is 21.7. The van der Waals surface area contributed by atoms with Crippen molar-refractivity contribution in [1.29, 1.82) is 0 Å². The van der Waals surface area contributed by atoms with Gasteiger partial charge < -0.3 is 4.90 Å². The van der Waals surface area contributed by atoms with Crippen LogP contribution in [0.5, 0.6) is 0 Å². The number of rotatable bonds is 10. The molecule has 0 atom stereocenters. The highest BCUT2D eigenvalue weighted by Crippen LogP contribution is 2.55. The lowest BCUT2D eigenvalue weighted by Crippen LogP contribution is -2.30. The molecule has 0 heterocycles. The Hall–Kier alpha value is -7.48. The molecule has 2 aliphatic rings. The van der Waals surface area contributed by atoms with E-state index in [1.165, 1.54) is 66.1 Å². The number of hydrogen-bond acceptors (Lipinski definition) is 1. The van der Waals surface area contributed by atoms with Crippen molar-refractivity contribution in [2.45, 2.75) is 32.1 Å². The van der Waals surface area contributed by atoms with Gasteiger partial charge in [-0.1, -0.05) is 207 Å². The zero-order chi connectivity index (χ0) is 42.3. The molecule has 0 fully saturated rings. The summed E-state index contributed by atoms with van der Waals surface area (Å²) in [6.45, 7) is 8.76. The summed E-state index contributed by atoms with van der Waals surface area (Å²) in [5, 5.41) is 5.05. The molecule has 0 radical (unpaired) electrons. The molecular formula is C61H51N. The Morgan fingerprint density at radius 1 is 0.629 bits per heavy atom. The van der Waals surface area contributed by atoms with E-state index in [1.54, 1.807) is 0 Å². The van der Waals surface area contributed by atoms with Gasteiger partial charge in [0.25, 0.3) is 0 Å². The van der Waals surface area contributed by atoms with E-state index in [4.69, 9.17) is 0 Å². The van der Waals surface area contributed by atoms with Gasteiger partial charge in [-0.2, -0.15) is 0 Å². The SMILES string of the molecule is C=CC(=C\C=C\N(/C(C)=C/C1=C(C)c2ccccc2C1(c1ccccc1)c1ccccc1)c1ccc(-c2cc3ccccc3c3ccccc23)cc1)/C1=C/C/C=C\C=C/CC=C1. The smallest absolute Gasteiger partial charge is 0.0710 e. The summed E-state index contributed by atoms with van der Waals surface area (Å²) in [5.74, 6) is 0. The molecular weight excluding hydrogens is 747 g/mol. The van der Waals surface area contributed by atoms with Crippen LogP contribution in [0.15, 0.2) is 266 Å². The number of nitrogens with zero attached hydrogens (tertiary/aromatic N) is 1. The lowest BCUT2D eigenvalue weighted by atomic mass is 9.66. The summed E-state index contributed by atoms with van der Waals surface area (Å²) in [6.07, 6.45) is 28.0. The number of anilines is 1. The zero-order valence-electron chi connectivity index (χ0n) is 35.6. The minimum absolute atomic E-state index is 0.505. The van der Waals surface area contributed by atoms with Crippen LogP contribution in [0.2, 0.25) is 0 Å². The Kier molecular flexibility index (Phi) is 11.6. The summed E-state index contributed by atoms with van der Waals surface area (Å²) in [4.78, 5) is 2.33. The first-order chi connectivity index (χ1) is 30.6. The standard InChI is InChI=1S/C61H51N/c1-4-47(48-25-12-8-6-5-7-9-13-26-48)28-24-42-62(53-40-38-49(39-41-53)58-44-50-27-18-19-34-55(50)56-35-20-21-36-57(56)58)45(2)43-60-46(3)54-33-22-23-37-59(54)61(60,51-29-14-10-15-30-51)52-31-16-11-17-32-52/h4-8,10-11,13-44H,1,9,12H2,2-3H3/b7-5-,8-6-,26-13?,42-24+,45-43+,47-28+,48-25+. The van der Waals surface area contributed by atoms with Crippen LogP contribution >= 0.6 is 0 Å². The molecule has 0 aliphatic heterocycles. The summed E-state index contributed by atoms with van der Waals surface area (Å²) >= 11 is 0. The fourth-order valence-electron chi connectivity index (χ4n) is 9.45. The molecule has 1 nitrogen and oxygen atoms in total. The number of benzene rings is 7. The average Bonchev–Trinajstić information content (AvgIpc) is 3.58. The predicted octanol–water partition coefficient (Wildman–Crippen LogP) is 16.2. The second-order valence-corrected chi connectivity index (χ2v) is 16.0. The Morgan fingerprint density at radius 3 is 1.98 bits per heavy atom. The van der Waals surface area contributed by atoms with E-state index >= 15 is 0 Å². The molecule has 0 amide bonds. The monoisotopic (exact) mass is 797 g/mol. The molecule has 7 aromatic rings. The largest absolute Gasteiger partial charge is 0.321 e. The van der Waals surface area contributed by atoms with Crippen molar-refractivity contribution in [2.75, 3.05) is 4.90 Å². The van der Waals surface area contributed by atoms with Gasteiger partial charge in [-0.3, -0.25) is 0 Å². The summed E-state index contributed by atoms with van der Waals surface area (Å²) in [6, 6.07) is 59.9. The molecule has 0 saturated carbocycles. The third kappa shape index (κ3) is 7.59. The van der Waals surface area contributed by atoms with Crippen LogP contribution < -0.4 is 4.90 Å². The van der Waals surface area contributed by atoms with Crippen LogP contribution in [0.1, 0.15) is 48.9 Å². The molecule has 1 heteroatoms. The van der Waals surface area contributed by atoms with Gasteiger partial charge >= 0.3 is 0 Å². The van der Waals surface area contributed by atoms with Gasteiger partial charge in [0.2, 0.25) is 0 Å². The van der Waals surface area contributed by atoms with Crippen LogP contribution in [0.25, 0.3) is 38.2 Å². The van der Waals surface area contributed by atoms with Crippen molar-refractivity contribution in [3.63, 3.8) is 0 Å². The zero-order valence-corrected chi connectivity index (χ0v) is 35.6. The quantitative estimate of drug-likeness (QED) is 0.0984. The van der Waals surface area contributed by atoms with Gasteiger partial charge in [0.05, 0.1) is 5.41 Å². The molecule has 0 spiro atoms. The highest BCUT2D eigenvalue weighted by molar-refractivity contribution is 6.13. The van der Waals surface area contributed by atoms with Gasteiger partial charge in [-0.05, 0) is 134 Å². The lowest BCUT2D eigenvalue weighted by Gasteiger charge is -2.35. The van der Waals surface area contributed by atoms with Crippen molar-refractivity contribution < 1.29 is 0 Å². The molecule has 0 saturated heterocycles. The van der Waals surface area contributed by atoms with E-state index in [-0.39, 0.29) is 0 Å². The molecule has 2 aliphatic carbocycles. The van der Waals surface area contributed by atoms with Gasteiger partial charge in [-0.25, -0.2) is 0 Å². The second-order valence-electron chi connectivity index (χ2n) is 16.0. The third-order valence-corrected chi connectivity index (χ3v) is 12.4. The Balaban J connectivity index is 1.19. The van der Waals surface area contributed by atoms with Crippen LogP contribution in [-0.2, 0) is 5.41 Å². The maximum absolute atomic E-state index is 4.23. The number of hydrogen-bond donors (Lipinski definition) is 0. The Bertz CT molecular complexity index is 2980. The lowest BCUT2D eigenvalue weighted by molar-refractivity contribution is 0.759. The molecule has 0 N–H and O–H groups in total. The molecule has 9 rings (SSSR count). The van der Waals surface area contributed by atoms with E-state index in [1.807, 2.05) is 6.08 Å². The highest BCUT2D eigenvalue weighted by atomic mass is 15.1. The first kappa shape index (κ1) is 40.0. The average molecular weight is 798 g/mol. The van der Waals surface area contributed by atoms with Crippen molar-refractivity contribution in [3.8, 4) is 11.1 Å². The molecule has 0 bridgehead atoms.